The fourth-order valence-corrected chi connectivity index (χ4v) is 4.09. The number of carbonyl (C=O) groups excluding carboxylic acids is 1. The minimum Gasteiger partial charge on any atom is -0.352 e. The molecule has 0 aliphatic rings. The van der Waals surface area contributed by atoms with Crippen LogP contribution in [0.1, 0.15) is 24.2 Å². The van der Waals surface area contributed by atoms with Crippen LogP contribution in [0.5, 0.6) is 0 Å². The molecule has 0 spiro atoms. The van der Waals surface area contributed by atoms with Gasteiger partial charge in [-0.3, -0.25) is 18.6 Å². The molecule has 0 bridgehead atoms. The highest BCUT2D eigenvalue weighted by molar-refractivity contribution is 7.17. The molecule has 0 aliphatic carbocycles. The second-order valence-corrected chi connectivity index (χ2v) is 7.86. The molecule has 144 valence electrons. The van der Waals surface area contributed by atoms with E-state index in [9.17, 15) is 9.59 Å². The lowest BCUT2D eigenvalue weighted by Crippen LogP contribution is -2.22. The molecule has 1 amide bonds. The molecule has 28 heavy (non-hydrogen) atoms. The number of nitrogens with zero attached hydrogens (tertiary/aromatic N) is 4. The van der Waals surface area contributed by atoms with Crippen LogP contribution in [0.25, 0.3) is 16.0 Å². The summed E-state index contributed by atoms with van der Waals surface area (Å²) < 4.78 is 4.09. The third-order valence-corrected chi connectivity index (χ3v) is 5.75. The Morgan fingerprint density at radius 2 is 2.00 bits per heavy atom. The molecule has 0 saturated heterocycles. The van der Waals surface area contributed by atoms with E-state index in [2.05, 4.69) is 15.5 Å². The Morgan fingerprint density at radius 1 is 1.21 bits per heavy atom. The Labute approximate surface area is 169 Å². The van der Waals surface area contributed by atoms with Crippen molar-refractivity contribution in [1.82, 2.24) is 24.5 Å². The van der Waals surface area contributed by atoms with E-state index in [0.717, 1.165) is 16.9 Å². The van der Waals surface area contributed by atoms with E-state index in [1.165, 1.54) is 15.9 Å². The van der Waals surface area contributed by atoms with E-state index in [-0.39, 0.29) is 11.5 Å². The van der Waals surface area contributed by atoms with E-state index in [1.54, 1.807) is 19.2 Å². The minimum absolute atomic E-state index is 0.0168. The summed E-state index contributed by atoms with van der Waals surface area (Å²) in [5.74, 6) is 1.24. The Morgan fingerprint density at radius 3 is 2.79 bits per heavy atom. The van der Waals surface area contributed by atoms with Crippen molar-refractivity contribution in [3.63, 3.8) is 0 Å². The molecule has 0 aliphatic heterocycles. The molecule has 0 atom stereocenters. The highest BCUT2D eigenvalue weighted by Crippen LogP contribution is 2.20. The number of nitrogens with one attached hydrogen (secondary N) is 1. The van der Waals surface area contributed by atoms with Crippen LogP contribution in [-0.2, 0) is 24.8 Å². The highest BCUT2D eigenvalue weighted by Gasteiger charge is 2.15. The summed E-state index contributed by atoms with van der Waals surface area (Å²) in [5.41, 5.74) is 1.75. The van der Waals surface area contributed by atoms with Crippen molar-refractivity contribution in [3.05, 3.63) is 62.5 Å². The molecule has 4 rings (SSSR count). The Bertz CT molecular complexity index is 1210. The molecular weight excluding hydrogens is 398 g/mol. The summed E-state index contributed by atoms with van der Waals surface area (Å²) in [6.07, 6.45) is 1.63. The molecule has 0 radical (unpaired) electrons. The van der Waals surface area contributed by atoms with Gasteiger partial charge in [0.1, 0.15) is 10.5 Å². The van der Waals surface area contributed by atoms with Crippen LogP contribution >= 0.6 is 22.9 Å². The van der Waals surface area contributed by atoms with Crippen LogP contribution in [0.15, 0.2) is 40.5 Å². The Balaban J connectivity index is 1.41. The lowest BCUT2D eigenvalue weighted by molar-refractivity contribution is -0.121. The van der Waals surface area contributed by atoms with Crippen molar-refractivity contribution in [2.45, 2.75) is 25.8 Å². The van der Waals surface area contributed by atoms with Crippen molar-refractivity contribution in [3.8, 4) is 0 Å². The first-order valence-electron chi connectivity index (χ1n) is 8.86. The van der Waals surface area contributed by atoms with Crippen molar-refractivity contribution in [1.29, 1.82) is 0 Å². The van der Waals surface area contributed by atoms with Gasteiger partial charge in [0.25, 0.3) is 5.56 Å². The number of aromatic nitrogens is 4. The second kappa shape index (κ2) is 7.73. The molecule has 4 aromatic rings. The van der Waals surface area contributed by atoms with Gasteiger partial charge in [0, 0.05) is 31.5 Å². The summed E-state index contributed by atoms with van der Waals surface area (Å²) in [5, 5.41) is 13.9. The maximum Gasteiger partial charge on any atom is 0.272 e. The molecule has 0 unspecified atom stereocenters. The second-order valence-electron chi connectivity index (χ2n) is 6.51. The van der Waals surface area contributed by atoms with E-state index >= 15 is 0 Å². The summed E-state index contributed by atoms with van der Waals surface area (Å²) in [6.45, 7) is 0.474. The summed E-state index contributed by atoms with van der Waals surface area (Å²) >= 11 is 7.27. The van der Waals surface area contributed by atoms with Crippen LogP contribution in [-0.4, -0.2) is 25.1 Å². The molecule has 1 aromatic carbocycles. The van der Waals surface area contributed by atoms with E-state index in [4.69, 9.17) is 11.6 Å². The first kappa shape index (κ1) is 18.6. The quantitative estimate of drug-likeness (QED) is 0.525. The van der Waals surface area contributed by atoms with Gasteiger partial charge in [0.15, 0.2) is 0 Å². The zero-order chi connectivity index (χ0) is 19.7. The van der Waals surface area contributed by atoms with Crippen molar-refractivity contribution < 1.29 is 4.79 Å². The summed E-state index contributed by atoms with van der Waals surface area (Å²) in [7, 11) is 1.69. The predicted molar refractivity (Wildman–Crippen MR) is 110 cm³/mol. The van der Waals surface area contributed by atoms with Gasteiger partial charge in [-0.2, -0.15) is 0 Å². The number of aryl methyl sites for hydroxylation is 2. The van der Waals surface area contributed by atoms with Gasteiger partial charge in [0.2, 0.25) is 11.7 Å². The van der Waals surface area contributed by atoms with Gasteiger partial charge in [-0.25, -0.2) is 0 Å². The van der Waals surface area contributed by atoms with Gasteiger partial charge in [-0.05, 0) is 35.6 Å². The predicted octanol–water partition coefficient (Wildman–Crippen LogP) is 2.94. The number of fused-ring (bicyclic) bond motifs is 3. The molecule has 9 heteroatoms. The van der Waals surface area contributed by atoms with Crippen molar-refractivity contribution in [2.75, 3.05) is 0 Å². The zero-order valence-corrected chi connectivity index (χ0v) is 16.8. The maximum atomic E-state index is 12.4. The lowest BCUT2D eigenvalue weighted by atomic mass is 10.2. The number of amides is 1. The third kappa shape index (κ3) is 3.53. The molecule has 3 aromatic heterocycles. The monoisotopic (exact) mass is 415 g/mol. The summed E-state index contributed by atoms with van der Waals surface area (Å²) in [6, 6.07) is 9.29. The van der Waals surface area contributed by atoms with E-state index in [0.29, 0.717) is 41.3 Å². The molecule has 0 saturated carbocycles. The standard InChI is InChI=1S/C19H18ClN5O2S/c1-24-18(27)17-14(9-10-28-17)25-15(22-23-19(24)25)3-2-4-16(26)21-11-12-5-7-13(20)8-6-12/h5-10H,2-4,11H2,1H3,(H,21,26). The van der Waals surface area contributed by atoms with Crippen LogP contribution < -0.4 is 10.9 Å². The fraction of sp³-hybridized carbons (Fsp3) is 0.263. The molecule has 3 heterocycles. The largest absolute Gasteiger partial charge is 0.352 e. The average Bonchev–Trinajstić information content (AvgIpc) is 3.33. The van der Waals surface area contributed by atoms with Gasteiger partial charge in [-0.1, -0.05) is 23.7 Å². The van der Waals surface area contributed by atoms with Crippen LogP contribution in [0.4, 0.5) is 0 Å². The number of halogens is 1. The van der Waals surface area contributed by atoms with E-state index in [1.807, 2.05) is 28.0 Å². The Hall–Kier alpha value is -2.71. The van der Waals surface area contributed by atoms with Gasteiger partial charge in [0.05, 0.1) is 5.52 Å². The van der Waals surface area contributed by atoms with Crippen molar-refractivity contribution >= 4 is 44.8 Å². The number of thiophene rings is 1. The normalized spacial score (nSPS) is 11.4. The van der Waals surface area contributed by atoms with Crippen molar-refractivity contribution in [2.24, 2.45) is 7.05 Å². The fourth-order valence-electron chi connectivity index (χ4n) is 3.11. The maximum absolute atomic E-state index is 12.4. The first-order valence-corrected chi connectivity index (χ1v) is 10.1. The smallest absolute Gasteiger partial charge is 0.272 e. The molecule has 7 nitrogen and oxygen atoms in total. The van der Waals surface area contributed by atoms with Crippen LogP contribution in [0.3, 0.4) is 0 Å². The first-order chi connectivity index (χ1) is 13.5. The number of carbonyl (C=O) groups is 1. The summed E-state index contributed by atoms with van der Waals surface area (Å²) in [4.78, 5) is 24.5. The van der Waals surface area contributed by atoms with Gasteiger partial charge >= 0.3 is 0 Å². The van der Waals surface area contributed by atoms with E-state index < -0.39 is 0 Å². The number of hydrogen-bond acceptors (Lipinski definition) is 5. The SMILES string of the molecule is Cn1c(=O)c2sccc2n2c(CCCC(=O)NCc3ccc(Cl)cc3)nnc12. The third-order valence-electron chi connectivity index (χ3n) is 4.60. The molecule has 0 fully saturated rings. The number of hydrogen-bond donors (Lipinski definition) is 1. The molecule has 1 N–H and O–H groups in total. The van der Waals surface area contributed by atoms with Gasteiger partial charge in [-0.15, -0.1) is 21.5 Å². The number of rotatable bonds is 6. The number of benzene rings is 1. The minimum atomic E-state index is -0.0713. The topological polar surface area (TPSA) is 81.3 Å². The highest BCUT2D eigenvalue weighted by atomic mass is 35.5. The van der Waals surface area contributed by atoms with Crippen LogP contribution in [0, 0.1) is 0 Å². The average molecular weight is 416 g/mol. The molecular formula is C19H18ClN5O2S. The zero-order valence-electron chi connectivity index (χ0n) is 15.2. The van der Waals surface area contributed by atoms with Gasteiger partial charge < -0.3 is 5.32 Å². The lowest BCUT2D eigenvalue weighted by Gasteiger charge is -2.06. The van der Waals surface area contributed by atoms with Crippen LogP contribution in [0.2, 0.25) is 5.02 Å². The Kier molecular flexibility index (Phi) is 5.15.